The van der Waals surface area contributed by atoms with Gasteiger partial charge in [-0.25, -0.2) is 8.42 Å². The molecular weight excluding hydrogens is 582 g/mol. The summed E-state index contributed by atoms with van der Waals surface area (Å²) in [5, 5.41) is 3.23. The molecule has 0 spiro atoms. The summed E-state index contributed by atoms with van der Waals surface area (Å²) in [6, 6.07) is 14.5. The minimum Gasteiger partial charge on any atom is -0.344 e. The standard InChI is InChI=1S/C34H48ClN3O4S/c1-25(2)43(41,42)24-34(29-10-4-3-5-11-29)18-20-38(21-19-34)33(40)31(22-26-12-15-30(35)16-13-26)37-32(39)17-14-27-8-6-7-9-28(27)23-36/h6-9,12-13,15-16,25,29,31H,3-5,10-11,14,17-24,36H2,1-2H3,(H,37,39)/t31-/m1/s1. The zero-order valence-corrected chi connectivity index (χ0v) is 27.3. The first kappa shape index (κ1) is 33.5. The molecule has 2 aromatic carbocycles. The largest absolute Gasteiger partial charge is 0.344 e. The van der Waals surface area contributed by atoms with E-state index in [1.54, 1.807) is 26.0 Å². The van der Waals surface area contributed by atoms with Crippen molar-refractivity contribution < 1.29 is 18.0 Å². The van der Waals surface area contributed by atoms with E-state index in [1.165, 1.54) is 6.42 Å². The molecule has 1 aliphatic heterocycles. The number of sulfone groups is 1. The maximum atomic E-state index is 14.0. The monoisotopic (exact) mass is 629 g/mol. The van der Waals surface area contributed by atoms with E-state index in [9.17, 15) is 18.0 Å². The first-order chi connectivity index (χ1) is 20.5. The first-order valence-electron chi connectivity index (χ1n) is 15.8. The van der Waals surface area contributed by atoms with Gasteiger partial charge in [0.1, 0.15) is 6.04 Å². The lowest BCUT2D eigenvalue weighted by molar-refractivity contribution is -0.139. The van der Waals surface area contributed by atoms with Gasteiger partial charge >= 0.3 is 0 Å². The van der Waals surface area contributed by atoms with Crippen LogP contribution in [0.15, 0.2) is 48.5 Å². The molecule has 1 saturated heterocycles. The molecule has 0 aromatic heterocycles. The topological polar surface area (TPSA) is 110 Å². The Hall–Kier alpha value is -2.42. The fourth-order valence-corrected chi connectivity index (χ4v) is 8.70. The minimum atomic E-state index is -3.23. The predicted molar refractivity (Wildman–Crippen MR) is 173 cm³/mol. The van der Waals surface area contributed by atoms with Crippen LogP contribution in [0.3, 0.4) is 0 Å². The van der Waals surface area contributed by atoms with E-state index >= 15 is 0 Å². The summed E-state index contributed by atoms with van der Waals surface area (Å²) in [4.78, 5) is 29.0. The van der Waals surface area contributed by atoms with Gasteiger partial charge in [-0.1, -0.05) is 67.3 Å². The van der Waals surface area contributed by atoms with Crippen LogP contribution in [0.4, 0.5) is 0 Å². The van der Waals surface area contributed by atoms with Crippen molar-refractivity contribution in [3.05, 3.63) is 70.2 Å². The van der Waals surface area contributed by atoms with Crippen LogP contribution < -0.4 is 11.1 Å². The molecule has 1 saturated carbocycles. The van der Waals surface area contributed by atoms with E-state index in [0.29, 0.717) is 56.3 Å². The van der Waals surface area contributed by atoms with Gasteiger partial charge in [0.05, 0.1) is 11.0 Å². The summed E-state index contributed by atoms with van der Waals surface area (Å²) in [5.74, 6) is 0.262. The highest BCUT2D eigenvalue weighted by Gasteiger charge is 2.46. The number of nitrogens with zero attached hydrogens (tertiary/aromatic N) is 1. The summed E-state index contributed by atoms with van der Waals surface area (Å²) < 4.78 is 26.4. The number of hydrogen-bond donors (Lipinski definition) is 2. The number of piperidine rings is 1. The van der Waals surface area contributed by atoms with Crippen molar-refractivity contribution in [2.24, 2.45) is 17.1 Å². The van der Waals surface area contributed by atoms with E-state index in [2.05, 4.69) is 5.32 Å². The Bertz CT molecular complexity index is 1330. The van der Waals surface area contributed by atoms with Gasteiger partial charge in [0.15, 0.2) is 9.84 Å². The smallest absolute Gasteiger partial charge is 0.245 e. The maximum absolute atomic E-state index is 14.0. The molecule has 43 heavy (non-hydrogen) atoms. The number of nitrogens with two attached hydrogens (primary N) is 1. The molecule has 9 heteroatoms. The molecular formula is C34H48ClN3O4S. The van der Waals surface area contributed by atoms with Crippen molar-refractivity contribution in [1.29, 1.82) is 0 Å². The third-order valence-corrected chi connectivity index (χ3v) is 12.4. The van der Waals surface area contributed by atoms with Crippen LogP contribution in [0.1, 0.15) is 81.9 Å². The number of hydrogen-bond acceptors (Lipinski definition) is 5. The Balaban J connectivity index is 1.48. The molecule has 7 nitrogen and oxygen atoms in total. The molecule has 3 N–H and O–H groups in total. The Morgan fingerprint density at radius 3 is 2.23 bits per heavy atom. The molecule has 0 bridgehead atoms. The zero-order chi connectivity index (χ0) is 31.0. The Morgan fingerprint density at radius 2 is 1.63 bits per heavy atom. The van der Waals surface area contributed by atoms with Gasteiger partial charge in [0, 0.05) is 37.5 Å². The molecule has 1 aliphatic carbocycles. The molecule has 236 valence electrons. The van der Waals surface area contributed by atoms with Crippen LogP contribution in [-0.4, -0.2) is 55.3 Å². The number of amides is 2. The summed E-state index contributed by atoms with van der Waals surface area (Å²) in [6.07, 6.45) is 8.10. The molecule has 4 rings (SSSR count). The highest BCUT2D eigenvalue weighted by molar-refractivity contribution is 7.92. The maximum Gasteiger partial charge on any atom is 0.245 e. The quantitative estimate of drug-likeness (QED) is 0.324. The van der Waals surface area contributed by atoms with Gasteiger partial charge < -0.3 is 16.0 Å². The van der Waals surface area contributed by atoms with E-state index in [-0.39, 0.29) is 29.4 Å². The van der Waals surface area contributed by atoms with Crippen molar-refractivity contribution in [3.63, 3.8) is 0 Å². The molecule has 0 unspecified atom stereocenters. The minimum absolute atomic E-state index is 0.116. The number of nitrogens with one attached hydrogen (secondary N) is 1. The lowest BCUT2D eigenvalue weighted by atomic mass is 9.65. The van der Waals surface area contributed by atoms with E-state index in [0.717, 1.165) is 42.4 Å². The molecule has 2 fully saturated rings. The van der Waals surface area contributed by atoms with Crippen molar-refractivity contribution in [3.8, 4) is 0 Å². The van der Waals surface area contributed by atoms with Gasteiger partial charge in [0.2, 0.25) is 11.8 Å². The average Bonchev–Trinajstić information content (AvgIpc) is 3.01. The second-order valence-electron chi connectivity index (χ2n) is 12.8. The summed E-state index contributed by atoms with van der Waals surface area (Å²) in [5.41, 5.74) is 8.54. The molecule has 1 heterocycles. The predicted octanol–water partition coefficient (Wildman–Crippen LogP) is 5.47. The molecule has 2 aromatic rings. The van der Waals surface area contributed by atoms with Crippen LogP contribution in [0.5, 0.6) is 0 Å². The van der Waals surface area contributed by atoms with Crippen molar-refractivity contribution in [2.45, 2.75) is 95.9 Å². The highest BCUT2D eigenvalue weighted by atomic mass is 35.5. The summed E-state index contributed by atoms with van der Waals surface area (Å²) >= 11 is 6.10. The van der Waals surface area contributed by atoms with Gasteiger partial charge in [-0.05, 0) is 86.1 Å². The number of halogens is 1. The number of benzene rings is 2. The Labute approximate surface area is 262 Å². The highest BCUT2D eigenvalue weighted by Crippen LogP contribution is 2.47. The van der Waals surface area contributed by atoms with Gasteiger partial charge in [0.25, 0.3) is 0 Å². The third-order valence-electron chi connectivity index (χ3n) is 9.70. The average molecular weight is 630 g/mol. The lowest BCUT2D eigenvalue weighted by Gasteiger charge is -2.48. The van der Waals surface area contributed by atoms with E-state index < -0.39 is 21.1 Å². The molecule has 0 radical (unpaired) electrons. The van der Waals surface area contributed by atoms with Crippen molar-refractivity contribution in [2.75, 3.05) is 18.8 Å². The van der Waals surface area contributed by atoms with Gasteiger partial charge in [-0.3, -0.25) is 9.59 Å². The van der Waals surface area contributed by atoms with E-state index in [1.807, 2.05) is 41.3 Å². The number of aryl methyl sites for hydroxylation is 1. The molecule has 1 atom stereocenters. The van der Waals surface area contributed by atoms with Gasteiger partial charge in [-0.2, -0.15) is 0 Å². The molecule has 2 amide bonds. The van der Waals surface area contributed by atoms with Gasteiger partial charge in [-0.15, -0.1) is 0 Å². The lowest BCUT2D eigenvalue weighted by Crippen LogP contribution is -2.55. The Kier molecular flexibility index (Phi) is 11.7. The van der Waals surface area contributed by atoms with Crippen LogP contribution in [-0.2, 0) is 38.8 Å². The number of carbonyl (C=O) groups excluding carboxylic acids is 2. The third kappa shape index (κ3) is 8.83. The summed E-state index contributed by atoms with van der Waals surface area (Å²) in [7, 11) is -3.23. The zero-order valence-electron chi connectivity index (χ0n) is 25.7. The summed E-state index contributed by atoms with van der Waals surface area (Å²) in [6.45, 7) is 4.94. The van der Waals surface area contributed by atoms with Crippen LogP contribution in [0, 0.1) is 11.3 Å². The van der Waals surface area contributed by atoms with Crippen LogP contribution in [0.2, 0.25) is 5.02 Å². The number of likely N-dealkylation sites (tertiary alicyclic amines) is 1. The normalized spacial score (nSPS) is 18.4. The molecule has 2 aliphatic rings. The van der Waals surface area contributed by atoms with Crippen molar-refractivity contribution >= 4 is 33.3 Å². The Morgan fingerprint density at radius 1 is 1.00 bits per heavy atom. The first-order valence-corrected chi connectivity index (χ1v) is 17.9. The number of rotatable bonds is 12. The van der Waals surface area contributed by atoms with Crippen LogP contribution >= 0.6 is 11.6 Å². The van der Waals surface area contributed by atoms with Crippen LogP contribution in [0.25, 0.3) is 0 Å². The van der Waals surface area contributed by atoms with E-state index in [4.69, 9.17) is 17.3 Å². The fourth-order valence-electron chi connectivity index (χ4n) is 6.92. The fraction of sp³-hybridized carbons (Fsp3) is 0.588. The second kappa shape index (κ2) is 15.0. The van der Waals surface area contributed by atoms with Crippen molar-refractivity contribution in [1.82, 2.24) is 10.2 Å². The SMILES string of the molecule is CC(C)S(=O)(=O)CC1(C2CCCCC2)CCN(C(=O)[C@@H](Cc2ccc(Cl)cc2)NC(=O)CCc2ccccc2CN)CC1. The number of carbonyl (C=O) groups is 2. The second-order valence-corrected chi connectivity index (χ2v) is 15.8.